The number of hydrogen-bond acceptors (Lipinski definition) is 22. The minimum absolute atomic E-state index is 0.0150. The SMILES string of the molecule is CCCC[C@@H]1NC(=O)[C@@H]2CCCN2C(=O)[C@@H]2CSCc3cc(cc(c3)OCCCCCCO/N=C/C(=O)N[C@@H](CCCNC(=N)N)C(=O)N2)CSC[C@@H](C(N)=O)NC(=O)[C@H](CCC(=O)O)NC(=O)[C@H](CCC(N)=O)NC(=O)[C@H](Cc2c[nH]c3ccccc23)NC(=O)[C@H](CC2CCC2)NC(=O)[C@H](CC(=O)OOC)NC1=O. The van der Waals surface area contributed by atoms with E-state index in [-0.39, 0.29) is 99.7 Å². The lowest BCUT2D eigenvalue weighted by molar-refractivity contribution is -0.255. The number of oxime groups is 1. The Balaban J connectivity index is 1.31. The maximum Gasteiger partial charge on any atom is 0.344 e. The summed E-state index contributed by atoms with van der Waals surface area (Å²) < 4.78 is 6.30. The summed E-state index contributed by atoms with van der Waals surface area (Å²) in [6.45, 7) is 2.42. The molecule has 110 heavy (non-hydrogen) atoms. The Labute approximate surface area is 644 Å². The van der Waals surface area contributed by atoms with Crippen molar-refractivity contribution in [1.82, 2.24) is 63.1 Å². The number of aromatic nitrogens is 1. The van der Waals surface area contributed by atoms with Crippen LogP contribution in [-0.4, -0.2) is 215 Å². The Morgan fingerprint density at radius 2 is 1.25 bits per heavy atom. The molecule has 0 unspecified atom stereocenters. The van der Waals surface area contributed by atoms with Gasteiger partial charge in [-0.3, -0.25) is 72.6 Å². The predicted molar refractivity (Wildman–Crippen MR) is 404 cm³/mol. The quantitative estimate of drug-likeness (QED) is 0.0219. The number of benzene rings is 2. The molecule has 602 valence electrons. The van der Waals surface area contributed by atoms with E-state index in [9.17, 15) is 57.8 Å². The zero-order valence-electron chi connectivity index (χ0n) is 61.8. The van der Waals surface area contributed by atoms with E-state index in [1.807, 2.05) is 13.0 Å². The Morgan fingerprint density at radius 3 is 1.91 bits per heavy atom. The Hall–Kier alpha value is -10.2. The smallest absolute Gasteiger partial charge is 0.344 e. The fourth-order valence-corrected chi connectivity index (χ4v) is 14.9. The molecule has 7 rings (SSSR count). The normalized spacial score (nSPS) is 24.5. The summed E-state index contributed by atoms with van der Waals surface area (Å²) in [7, 11) is 1.03. The molecule has 0 spiro atoms. The first-order valence-electron chi connectivity index (χ1n) is 37.1. The molecular weight excluding hydrogens is 1470 g/mol. The number of amides is 12. The summed E-state index contributed by atoms with van der Waals surface area (Å²) in [5.41, 5.74) is 19.5. The number of nitrogens with one attached hydrogen (secondary N) is 12. The number of hydrogen-bond donors (Lipinski definition) is 16. The standard InChI is InChI=1S/C72H103N17O19S2/c1-3-4-17-49-64(97)86-54(34-61(94)108-105-2)69(102)84-52(32-41-14-11-15-41)67(100)85-53(33-44-35-78-47-18-8-7-16-46(44)47)68(101)82-50(21-23-58(73)90)65(98)81-51(22-24-60(92)93)66(99)87-55(62(74)95)39-109-37-42-29-43-31-45(30-42)106-27-9-5-6-10-28-107-79-36-59(91)80-48(19-12-25-77-72(75)76)63(96)88-56(40-110-38-43)71(104)89-26-13-20-57(89)70(103)83-49/h7-8,16,18,29-31,35-36,41,48-57,78H,3-6,9-15,17,19-28,32-34,37-40H2,1-2H3,(H2,73,90)(H2,74,95)(H,80,91)(H,81,98)(H,82,101)(H,83,103)(H,84,102)(H,85,100)(H,86,97)(H,87,99)(H,88,96)(H,92,93)(H4,75,76,77)/b79-36+/t48-,49-,50-,51-,52-,53-,54-,55-,56-,57-/m0/s1. The van der Waals surface area contributed by atoms with E-state index in [4.69, 9.17) is 37.1 Å². The third-order valence-electron chi connectivity index (χ3n) is 18.9. The predicted octanol–water partition coefficient (Wildman–Crippen LogP) is -0.0460. The molecule has 1 saturated heterocycles. The highest BCUT2D eigenvalue weighted by Gasteiger charge is 2.42. The minimum Gasteiger partial charge on any atom is -0.494 e. The molecule has 1 saturated carbocycles. The van der Waals surface area contributed by atoms with Gasteiger partial charge in [0.25, 0.3) is 5.91 Å². The number of primary amides is 2. The highest BCUT2D eigenvalue weighted by molar-refractivity contribution is 7.98. The number of nitrogens with two attached hydrogens (primary N) is 3. The average Bonchev–Trinajstić information content (AvgIpc) is 1.65. The second-order valence-electron chi connectivity index (χ2n) is 27.5. The van der Waals surface area contributed by atoms with Crippen molar-refractivity contribution in [3.8, 4) is 5.75 Å². The van der Waals surface area contributed by atoms with Crippen LogP contribution in [0.15, 0.2) is 53.8 Å². The molecule has 2 aromatic carbocycles. The number of H-pyrrole nitrogens is 1. The molecular formula is C72H103N17O19S2. The van der Waals surface area contributed by atoms with E-state index in [0.29, 0.717) is 84.7 Å². The third kappa shape index (κ3) is 28.6. The number of carboxylic acids is 1. The van der Waals surface area contributed by atoms with Crippen molar-refractivity contribution in [2.24, 2.45) is 28.3 Å². The fourth-order valence-electron chi connectivity index (χ4n) is 12.9. The fraction of sp³-hybridized carbons (Fsp3) is 0.583. The molecule has 4 heterocycles. The molecule has 12 amide bonds. The van der Waals surface area contributed by atoms with Gasteiger partial charge in [0, 0.05) is 72.5 Å². The highest BCUT2D eigenvalue weighted by atomic mass is 32.2. The van der Waals surface area contributed by atoms with Gasteiger partial charge in [-0.25, -0.2) is 4.79 Å². The number of aromatic amines is 1. The number of nitrogens with zero attached hydrogens (tertiary/aromatic N) is 2. The number of unbranched alkanes of at least 4 members (excludes halogenated alkanes) is 1. The van der Waals surface area contributed by atoms with Gasteiger partial charge in [0.1, 0.15) is 79.0 Å². The van der Waals surface area contributed by atoms with Gasteiger partial charge in [-0.2, -0.15) is 28.4 Å². The van der Waals surface area contributed by atoms with Crippen molar-refractivity contribution < 1.29 is 91.6 Å². The van der Waals surface area contributed by atoms with Gasteiger partial charge in [0.2, 0.25) is 65.0 Å². The van der Waals surface area contributed by atoms with Crippen LogP contribution in [0.2, 0.25) is 0 Å². The van der Waals surface area contributed by atoms with E-state index in [0.717, 1.165) is 26.2 Å². The van der Waals surface area contributed by atoms with Gasteiger partial charge < -0.3 is 94.9 Å². The Kier molecular flexibility index (Phi) is 35.6. The number of aliphatic carboxylic acids is 1. The van der Waals surface area contributed by atoms with Crippen LogP contribution < -0.4 is 75.1 Å². The van der Waals surface area contributed by atoms with E-state index >= 15 is 14.4 Å². The van der Waals surface area contributed by atoms with Crippen LogP contribution in [0.3, 0.4) is 0 Å². The number of carboxylic acid groups (broad SMARTS) is 1. The number of carbonyl (C=O) groups is 14. The number of thioether (sulfide) groups is 2. The van der Waals surface area contributed by atoms with Crippen LogP contribution in [0.4, 0.5) is 0 Å². The second-order valence-corrected chi connectivity index (χ2v) is 29.5. The van der Waals surface area contributed by atoms with Gasteiger partial charge in [0.15, 0.2) is 5.96 Å². The molecule has 36 nitrogen and oxygen atoms in total. The summed E-state index contributed by atoms with van der Waals surface area (Å²) in [6, 6.07) is -2.73. The van der Waals surface area contributed by atoms with Crippen molar-refractivity contribution >= 4 is 129 Å². The lowest BCUT2D eigenvalue weighted by atomic mass is 9.80. The molecule has 10 atom stereocenters. The summed E-state index contributed by atoms with van der Waals surface area (Å²) in [5.74, 6) is -13.6. The summed E-state index contributed by atoms with van der Waals surface area (Å²) in [5, 5.41) is 48.4. The lowest BCUT2D eigenvalue weighted by Crippen LogP contribution is -2.61. The molecule has 0 radical (unpaired) electrons. The molecule has 1 aromatic heterocycles. The molecule has 2 fully saturated rings. The van der Waals surface area contributed by atoms with Gasteiger partial charge >= 0.3 is 11.9 Å². The van der Waals surface area contributed by atoms with Gasteiger partial charge in [0.05, 0.1) is 20.1 Å². The first-order chi connectivity index (χ1) is 52.8. The molecule has 19 N–H and O–H groups in total. The Bertz CT molecular complexity index is 3770. The van der Waals surface area contributed by atoms with Crippen LogP contribution in [0.1, 0.15) is 152 Å². The van der Waals surface area contributed by atoms with Crippen LogP contribution in [-0.2, 0) is 99.7 Å². The average molecular weight is 1570 g/mol. The molecule has 4 aliphatic rings. The first-order valence-corrected chi connectivity index (χ1v) is 39.4. The minimum atomic E-state index is -1.84. The summed E-state index contributed by atoms with van der Waals surface area (Å²) in [4.78, 5) is 218. The first kappa shape index (κ1) is 87.0. The van der Waals surface area contributed by atoms with Gasteiger partial charge in [-0.05, 0) is 118 Å². The monoisotopic (exact) mass is 1570 g/mol. The number of carbonyl (C=O) groups excluding carboxylic acids is 13. The van der Waals surface area contributed by atoms with Gasteiger partial charge in [-0.15, -0.1) is 0 Å². The zero-order chi connectivity index (χ0) is 79.7. The van der Waals surface area contributed by atoms with E-state index < -0.39 is 175 Å². The molecule has 4 bridgehead atoms. The topological polar surface area (TPSA) is 550 Å². The number of fused-ring (bicyclic) bond motifs is 7. The number of para-hydroxylation sites is 1. The van der Waals surface area contributed by atoms with E-state index in [1.54, 1.807) is 42.6 Å². The van der Waals surface area contributed by atoms with Crippen LogP contribution in [0.5, 0.6) is 5.75 Å². The van der Waals surface area contributed by atoms with Crippen LogP contribution >= 0.6 is 23.5 Å². The Morgan fingerprint density at radius 1 is 0.655 bits per heavy atom. The maximum absolute atomic E-state index is 15.3. The summed E-state index contributed by atoms with van der Waals surface area (Å²) in [6.07, 6.45) is 5.08. The van der Waals surface area contributed by atoms with Crippen molar-refractivity contribution in [2.45, 2.75) is 214 Å². The number of ether oxygens (including phenoxy) is 1. The highest BCUT2D eigenvalue weighted by Crippen LogP contribution is 2.32. The molecule has 3 aliphatic heterocycles. The molecule has 38 heteroatoms. The largest absolute Gasteiger partial charge is 0.494 e. The molecule has 1 aliphatic carbocycles. The van der Waals surface area contributed by atoms with Crippen LogP contribution in [0, 0.1) is 11.3 Å². The van der Waals surface area contributed by atoms with Crippen molar-refractivity contribution in [3.05, 3.63) is 65.4 Å². The zero-order valence-corrected chi connectivity index (χ0v) is 63.4. The van der Waals surface area contributed by atoms with E-state index in [1.165, 1.54) is 28.4 Å². The van der Waals surface area contributed by atoms with Gasteiger partial charge in [-0.1, -0.05) is 68.4 Å². The lowest BCUT2D eigenvalue weighted by Gasteiger charge is -2.32. The second kappa shape index (κ2) is 45.0. The van der Waals surface area contributed by atoms with Crippen molar-refractivity contribution in [1.29, 1.82) is 5.41 Å². The van der Waals surface area contributed by atoms with Crippen LogP contribution in [0.25, 0.3) is 10.9 Å². The molecule has 3 aromatic rings. The third-order valence-corrected chi connectivity index (χ3v) is 21.1. The number of guanidine groups is 1. The maximum atomic E-state index is 15.3. The number of rotatable bonds is 21. The van der Waals surface area contributed by atoms with Crippen molar-refractivity contribution in [3.63, 3.8) is 0 Å². The summed E-state index contributed by atoms with van der Waals surface area (Å²) >= 11 is 2.39. The van der Waals surface area contributed by atoms with E-state index in [2.05, 4.69) is 68.2 Å². The van der Waals surface area contributed by atoms with Crippen molar-refractivity contribution in [2.75, 3.05) is 44.9 Å².